The van der Waals surface area contributed by atoms with Crippen LogP contribution in [-0.2, 0) is 15.1 Å². The van der Waals surface area contributed by atoms with E-state index in [4.69, 9.17) is 9.72 Å². The Balaban J connectivity index is 1.42. The van der Waals surface area contributed by atoms with Gasteiger partial charge in [-0.15, -0.1) is 0 Å². The molecule has 3 aromatic carbocycles. The number of hydrogen-bond donors (Lipinski definition) is 4. The van der Waals surface area contributed by atoms with Crippen molar-refractivity contribution in [1.29, 1.82) is 0 Å². The third-order valence-corrected chi connectivity index (χ3v) is 6.23. The number of fused-ring (bicyclic) bond motifs is 1. The summed E-state index contributed by atoms with van der Waals surface area (Å²) in [5.74, 6) is 0.201. The van der Waals surface area contributed by atoms with E-state index in [1.165, 1.54) is 6.08 Å². The molecule has 0 radical (unpaired) electrons. The molecule has 1 aliphatic heterocycles. The summed E-state index contributed by atoms with van der Waals surface area (Å²) in [4.78, 5) is 21.0. The molecule has 1 atom stereocenters. The molecule has 8 heteroatoms. The zero-order valence-corrected chi connectivity index (χ0v) is 19.7. The number of carbonyl (C=O) groups excluding carboxylic acids is 1. The monoisotopic (exact) mass is 481 g/mol. The first kappa shape index (κ1) is 23.6. The molecular weight excluding hydrogens is 454 g/mol. The van der Waals surface area contributed by atoms with Crippen LogP contribution in [0, 0.1) is 0 Å². The highest BCUT2D eigenvalue weighted by atomic mass is 16.5. The molecule has 4 N–H and O–H groups in total. The molecule has 2 heterocycles. The highest BCUT2D eigenvalue weighted by Crippen LogP contribution is 2.31. The van der Waals surface area contributed by atoms with Gasteiger partial charge in [0.25, 0.3) is 0 Å². The number of nitrogens with one attached hydrogen (secondary N) is 3. The maximum atomic E-state index is 11.7. The normalized spacial score (nSPS) is 17.5. The van der Waals surface area contributed by atoms with Crippen LogP contribution in [0.3, 0.4) is 0 Å². The molecule has 36 heavy (non-hydrogen) atoms. The lowest BCUT2D eigenvalue weighted by atomic mass is 9.93. The van der Waals surface area contributed by atoms with E-state index in [2.05, 4.69) is 27.5 Å². The van der Waals surface area contributed by atoms with Crippen molar-refractivity contribution in [2.24, 2.45) is 0 Å². The minimum atomic E-state index is -0.731. The molecule has 0 unspecified atom stereocenters. The number of carbonyl (C=O) groups is 1. The first-order valence-electron chi connectivity index (χ1n) is 11.7. The van der Waals surface area contributed by atoms with Gasteiger partial charge in [0.1, 0.15) is 5.60 Å². The number of nitrogens with zero attached hydrogens (tertiary/aromatic N) is 2. The molecular formula is C28H27N5O3. The molecule has 4 aromatic rings. The fourth-order valence-electron chi connectivity index (χ4n) is 4.33. The zero-order valence-electron chi connectivity index (χ0n) is 19.7. The van der Waals surface area contributed by atoms with Gasteiger partial charge < -0.3 is 25.8 Å². The first-order valence-corrected chi connectivity index (χ1v) is 11.7. The fourth-order valence-corrected chi connectivity index (χ4v) is 4.33. The van der Waals surface area contributed by atoms with E-state index in [9.17, 15) is 9.90 Å². The van der Waals surface area contributed by atoms with Gasteiger partial charge >= 0.3 is 0 Å². The van der Waals surface area contributed by atoms with Crippen molar-refractivity contribution in [3.8, 4) is 11.1 Å². The molecule has 0 aliphatic carbocycles. The van der Waals surface area contributed by atoms with Crippen LogP contribution in [0.4, 0.5) is 17.3 Å². The van der Waals surface area contributed by atoms with Gasteiger partial charge in [-0.3, -0.25) is 4.79 Å². The average molecular weight is 482 g/mol. The predicted octanol–water partition coefficient (Wildman–Crippen LogP) is 3.97. The van der Waals surface area contributed by atoms with Gasteiger partial charge in [-0.1, -0.05) is 49.0 Å². The second-order valence-corrected chi connectivity index (χ2v) is 8.59. The van der Waals surface area contributed by atoms with Crippen LogP contribution in [0.15, 0.2) is 85.6 Å². The Morgan fingerprint density at radius 1 is 1.14 bits per heavy atom. The molecule has 1 fully saturated rings. The van der Waals surface area contributed by atoms with Crippen LogP contribution in [0.5, 0.6) is 0 Å². The Morgan fingerprint density at radius 3 is 2.72 bits per heavy atom. The quantitative estimate of drug-likeness (QED) is 0.296. The van der Waals surface area contributed by atoms with Crippen LogP contribution < -0.4 is 16.0 Å². The van der Waals surface area contributed by atoms with Crippen LogP contribution in [-0.4, -0.2) is 47.3 Å². The topological polar surface area (TPSA) is 108 Å². The third kappa shape index (κ3) is 4.83. The largest absolute Gasteiger partial charge is 0.393 e. The number of aliphatic hydroxyl groups excluding tert-OH is 1. The molecule has 182 valence electrons. The van der Waals surface area contributed by atoms with E-state index in [1.807, 2.05) is 66.7 Å². The molecule has 1 saturated heterocycles. The Morgan fingerprint density at radius 2 is 1.97 bits per heavy atom. The van der Waals surface area contributed by atoms with Gasteiger partial charge in [0.2, 0.25) is 11.9 Å². The Bertz CT molecular complexity index is 1400. The minimum absolute atomic E-state index is 0.0954. The highest BCUT2D eigenvalue weighted by Gasteiger charge is 2.34. The summed E-state index contributed by atoms with van der Waals surface area (Å²) in [6, 6.07) is 21.3. The van der Waals surface area contributed by atoms with Crippen molar-refractivity contribution in [3.05, 3.63) is 91.1 Å². The molecule has 1 aliphatic rings. The van der Waals surface area contributed by atoms with E-state index in [1.54, 1.807) is 6.20 Å². The Hall–Kier alpha value is -4.11. The third-order valence-electron chi connectivity index (χ3n) is 6.23. The summed E-state index contributed by atoms with van der Waals surface area (Å²) < 4.78 is 5.91. The number of benzene rings is 3. The minimum Gasteiger partial charge on any atom is -0.393 e. The van der Waals surface area contributed by atoms with Gasteiger partial charge in [-0.25, -0.2) is 9.97 Å². The summed E-state index contributed by atoms with van der Waals surface area (Å²) >= 11 is 0. The lowest BCUT2D eigenvalue weighted by Crippen LogP contribution is -2.49. The van der Waals surface area contributed by atoms with Crippen molar-refractivity contribution in [3.63, 3.8) is 0 Å². The molecule has 1 amide bonds. The maximum Gasteiger partial charge on any atom is 0.247 e. The van der Waals surface area contributed by atoms with E-state index < -0.39 is 5.60 Å². The van der Waals surface area contributed by atoms with E-state index in [-0.39, 0.29) is 12.5 Å². The number of para-hydroxylation sites is 1. The molecule has 0 bridgehead atoms. The Kier molecular flexibility index (Phi) is 6.73. The number of anilines is 3. The van der Waals surface area contributed by atoms with Crippen LogP contribution in [0.25, 0.3) is 22.0 Å². The Labute approximate surface area is 209 Å². The summed E-state index contributed by atoms with van der Waals surface area (Å²) in [5, 5.41) is 20.2. The molecule has 8 nitrogen and oxygen atoms in total. The van der Waals surface area contributed by atoms with Gasteiger partial charge in [-0.2, -0.15) is 0 Å². The van der Waals surface area contributed by atoms with Gasteiger partial charge in [0.15, 0.2) is 0 Å². The zero-order chi connectivity index (χ0) is 25.0. The number of rotatable bonds is 7. The van der Waals surface area contributed by atoms with Crippen LogP contribution in [0.1, 0.15) is 5.56 Å². The summed E-state index contributed by atoms with van der Waals surface area (Å²) in [6.45, 7) is 5.30. The van der Waals surface area contributed by atoms with Crippen LogP contribution >= 0.6 is 0 Å². The lowest BCUT2D eigenvalue weighted by molar-refractivity contribution is -0.111. The highest BCUT2D eigenvalue weighted by molar-refractivity contribution is 6.00. The standard InChI is InChI=1S/C28H27N5O3/c1-2-25(35)31-23-7-3-5-19(15-23)24-8-4-6-20-16-30-27(33-26(20)24)32-22-11-9-21(10-12-22)28(18-34)17-29-13-14-36-28/h2-12,15-16,29,34H,1,13-14,17-18H2,(H,31,35)(H,30,32,33)/t28-/m1/s1. The van der Waals surface area contributed by atoms with Crippen LogP contribution in [0.2, 0.25) is 0 Å². The second-order valence-electron chi connectivity index (χ2n) is 8.59. The van der Waals surface area contributed by atoms with Crippen molar-refractivity contribution >= 4 is 34.1 Å². The van der Waals surface area contributed by atoms with Crippen molar-refractivity contribution in [2.45, 2.75) is 5.60 Å². The number of ether oxygens (including phenoxy) is 1. The molecule has 5 rings (SSSR count). The lowest BCUT2D eigenvalue weighted by Gasteiger charge is -2.36. The SMILES string of the molecule is C=CC(=O)Nc1cccc(-c2cccc3cnc(Nc4ccc([C@]5(CO)CNCCO5)cc4)nc23)c1. The second kappa shape index (κ2) is 10.2. The van der Waals surface area contributed by atoms with Gasteiger partial charge in [0, 0.05) is 41.6 Å². The molecule has 1 aromatic heterocycles. The van der Waals surface area contributed by atoms with E-state index >= 15 is 0 Å². The summed E-state index contributed by atoms with van der Waals surface area (Å²) in [7, 11) is 0. The van der Waals surface area contributed by atoms with E-state index in [0.29, 0.717) is 24.8 Å². The van der Waals surface area contributed by atoms with E-state index in [0.717, 1.165) is 39.8 Å². The number of aliphatic hydroxyl groups is 1. The molecule has 0 spiro atoms. The maximum absolute atomic E-state index is 11.7. The van der Waals surface area contributed by atoms with Gasteiger partial charge in [-0.05, 0) is 41.5 Å². The molecule has 0 saturated carbocycles. The van der Waals surface area contributed by atoms with Crippen molar-refractivity contribution in [2.75, 3.05) is 36.9 Å². The number of amides is 1. The fraction of sp³-hybridized carbons (Fsp3) is 0.179. The van der Waals surface area contributed by atoms with Gasteiger partial charge in [0.05, 0.1) is 18.7 Å². The number of morpholine rings is 1. The number of aromatic nitrogens is 2. The average Bonchev–Trinajstić information content (AvgIpc) is 2.93. The first-order chi connectivity index (χ1) is 17.6. The number of hydrogen-bond acceptors (Lipinski definition) is 7. The smallest absolute Gasteiger partial charge is 0.247 e. The van der Waals surface area contributed by atoms with Crippen molar-refractivity contribution < 1.29 is 14.6 Å². The summed E-state index contributed by atoms with van der Waals surface area (Å²) in [6.07, 6.45) is 3.03. The predicted molar refractivity (Wildman–Crippen MR) is 141 cm³/mol. The summed E-state index contributed by atoms with van der Waals surface area (Å²) in [5.41, 5.74) is 4.32. The van der Waals surface area contributed by atoms with Crippen molar-refractivity contribution in [1.82, 2.24) is 15.3 Å².